The van der Waals surface area contributed by atoms with Crippen LogP contribution in [0.1, 0.15) is 19.8 Å². The number of urea groups is 1. The Morgan fingerprint density at radius 1 is 1.35 bits per heavy atom. The third kappa shape index (κ3) is 3.33. The van der Waals surface area contributed by atoms with Crippen LogP contribution in [0.4, 0.5) is 4.79 Å². The number of nitrogens with one attached hydrogen (secondary N) is 2. The van der Waals surface area contributed by atoms with Crippen LogP contribution in [0.15, 0.2) is 0 Å². The van der Waals surface area contributed by atoms with Crippen LogP contribution in [0.5, 0.6) is 0 Å². The number of carbonyl (C=O) groups is 1. The number of unbranched alkanes of at least 4 members (excludes halogenated alkanes) is 1. The quantitative estimate of drug-likeness (QED) is 0.685. The molecule has 2 rings (SSSR count). The molecule has 2 N–H and O–H groups in total. The van der Waals surface area contributed by atoms with E-state index in [4.69, 9.17) is 0 Å². The largest absolute Gasteiger partial charge is 0.338 e. The number of carbonyl (C=O) groups excluding carboxylic acids is 1. The Labute approximate surface area is 104 Å². The van der Waals surface area contributed by atoms with Gasteiger partial charge in [-0.15, -0.1) is 0 Å². The molecule has 2 amide bonds. The van der Waals surface area contributed by atoms with Crippen LogP contribution in [0.25, 0.3) is 0 Å². The molecule has 0 aliphatic carbocycles. The second-order valence-electron chi connectivity index (χ2n) is 4.93. The zero-order valence-corrected chi connectivity index (χ0v) is 10.7. The fraction of sp³-hybridized carbons (Fsp3) is 0.917. The molecular weight excluding hydrogens is 216 g/mol. The van der Waals surface area contributed by atoms with Crippen LogP contribution in [0.2, 0.25) is 0 Å². The SMILES string of the molecule is CCCCNC(=O)N1CC(N2CCNCC2)C1. The average molecular weight is 240 g/mol. The van der Waals surface area contributed by atoms with E-state index in [0.717, 1.165) is 58.7 Å². The van der Waals surface area contributed by atoms with Crippen molar-refractivity contribution in [3.63, 3.8) is 0 Å². The van der Waals surface area contributed by atoms with Crippen LogP contribution in [0, 0.1) is 0 Å². The van der Waals surface area contributed by atoms with E-state index in [2.05, 4.69) is 22.5 Å². The summed E-state index contributed by atoms with van der Waals surface area (Å²) in [5, 5.41) is 6.32. The van der Waals surface area contributed by atoms with E-state index in [9.17, 15) is 4.79 Å². The standard InChI is InChI=1S/C12H24N4O/c1-2-3-4-14-12(17)16-9-11(10-16)15-7-5-13-6-8-15/h11,13H,2-10H2,1H3,(H,14,17). The van der Waals surface area contributed by atoms with E-state index >= 15 is 0 Å². The fourth-order valence-corrected chi connectivity index (χ4v) is 2.38. The summed E-state index contributed by atoms with van der Waals surface area (Å²) in [6.45, 7) is 9.15. The summed E-state index contributed by atoms with van der Waals surface area (Å²) < 4.78 is 0. The lowest BCUT2D eigenvalue weighted by Crippen LogP contribution is -2.65. The van der Waals surface area contributed by atoms with Gasteiger partial charge in [0.15, 0.2) is 0 Å². The molecule has 0 atom stereocenters. The zero-order chi connectivity index (χ0) is 12.1. The van der Waals surface area contributed by atoms with Gasteiger partial charge in [0.25, 0.3) is 0 Å². The highest BCUT2D eigenvalue weighted by Crippen LogP contribution is 2.15. The van der Waals surface area contributed by atoms with Gasteiger partial charge in [-0.3, -0.25) is 4.90 Å². The number of rotatable bonds is 4. The first kappa shape index (κ1) is 12.6. The molecule has 2 saturated heterocycles. The predicted octanol–water partition coefficient (Wildman–Crippen LogP) is 0.0855. The molecule has 0 bridgehead atoms. The summed E-state index contributed by atoms with van der Waals surface area (Å²) in [5.41, 5.74) is 0. The van der Waals surface area contributed by atoms with Gasteiger partial charge in [-0.25, -0.2) is 4.79 Å². The number of amides is 2. The molecule has 0 aromatic heterocycles. The van der Waals surface area contributed by atoms with Crippen LogP contribution in [-0.2, 0) is 0 Å². The normalized spacial score (nSPS) is 22.3. The summed E-state index contributed by atoms with van der Waals surface area (Å²) in [6, 6.07) is 0.707. The first-order valence-electron chi connectivity index (χ1n) is 6.79. The van der Waals surface area contributed by atoms with Crippen molar-refractivity contribution in [2.24, 2.45) is 0 Å². The van der Waals surface area contributed by atoms with Crippen molar-refractivity contribution in [2.45, 2.75) is 25.8 Å². The summed E-state index contributed by atoms with van der Waals surface area (Å²) in [4.78, 5) is 16.1. The molecular formula is C12H24N4O. The Balaban J connectivity index is 1.62. The molecule has 0 aromatic rings. The number of likely N-dealkylation sites (tertiary alicyclic amines) is 1. The Morgan fingerprint density at radius 2 is 2.06 bits per heavy atom. The van der Waals surface area contributed by atoms with E-state index in [1.807, 2.05) is 4.90 Å². The minimum atomic E-state index is 0.116. The molecule has 2 heterocycles. The van der Waals surface area contributed by atoms with Crippen molar-refractivity contribution in [1.29, 1.82) is 0 Å². The van der Waals surface area contributed by atoms with Crippen molar-refractivity contribution in [1.82, 2.24) is 20.4 Å². The van der Waals surface area contributed by atoms with Crippen LogP contribution in [0.3, 0.4) is 0 Å². The maximum Gasteiger partial charge on any atom is 0.317 e. The molecule has 5 nitrogen and oxygen atoms in total. The van der Waals surface area contributed by atoms with Crippen LogP contribution < -0.4 is 10.6 Å². The van der Waals surface area contributed by atoms with E-state index in [-0.39, 0.29) is 6.03 Å². The van der Waals surface area contributed by atoms with Crippen molar-refractivity contribution in [3.8, 4) is 0 Å². The minimum absolute atomic E-state index is 0.116. The molecule has 0 unspecified atom stereocenters. The van der Waals surface area contributed by atoms with Gasteiger partial charge in [0, 0.05) is 51.9 Å². The van der Waals surface area contributed by atoms with Crippen molar-refractivity contribution < 1.29 is 4.79 Å². The summed E-state index contributed by atoms with van der Waals surface area (Å²) in [5.74, 6) is 0. The third-order valence-electron chi connectivity index (χ3n) is 3.62. The fourth-order valence-electron chi connectivity index (χ4n) is 2.38. The predicted molar refractivity (Wildman–Crippen MR) is 68.1 cm³/mol. The lowest BCUT2D eigenvalue weighted by molar-refractivity contribution is 0.0493. The van der Waals surface area contributed by atoms with Gasteiger partial charge in [-0.2, -0.15) is 0 Å². The van der Waals surface area contributed by atoms with E-state index in [0.29, 0.717) is 6.04 Å². The van der Waals surface area contributed by atoms with Gasteiger partial charge < -0.3 is 15.5 Å². The average Bonchev–Trinajstić information content (AvgIpc) is 2.29. The summed E-state index contributed by atoms with van der Waals surface area (Å²) in [7, 11) is 0. The minimum Gasteiger partial charge on any atom is -0.338 e. The van der Waals surface area contributed by atoms with Gasteiger partial charge in [-0.1, -0.05) is 13.3 Å². The molecule has 17 heavy (non-hydrogen) atoms. The van der Waals surface area contributed by atoms with Gasteiger partial charge in [0.2, 0.25) is 0 Å². The van der Waals surface area contributed by atoms with Crippen molar-refractivity contribution in [2.75, 3.05) is 45.8 Å². The second kappa shape index (κ2) is 6.21. The van der Waals surface area contributed by atoms with Crippen molar-refractivity contribution >= 4 is 6.03 Å². The Kier molecular flexibility index (Phi) is 4.62. The van der Waals surface area contributed by atoms with Gasteiger partial charge >= 0.3 is 6.03 Å². The molecule has 0 aromatic carbocycles. The number of nitrogens with zero attached hydrogens (tertiary/aromatic N) is 2. The number of hydrogen-bond donors (Lipinski definition) is 2. The molecule has 2 aliphatic heterocycles. The highest BCUT2D eigenvalue weighted by Gasteiger charge is 2.34. The van der Waals surface area contributed by atoms with Gasteiger partial charge in [-0.05, 0) is 6.42 Å². The third-order valence-corrected chi connectivity index (χ3v) is 3.62. The molecule has 0 saturated carbocycles. The Morgan fingerprint density at radius 3 is 2.71 bits per heavy atom. The lowest BCUT2D eigenvalue weighted by atomic mass is 10.1. The second-order valence-corrected chi connectivity index (χ2v) is 4.93. The van der Waals surface area contributed by atoms with E-state index < -0.39 is 0 Å². The highest BCUT2D eigenvalue weighted by atomic mass is 16.2. The summed E-state index contributed by atoms with van der Waals surface area (Å²) >= 11 is 0. The van der Waals surface area contributed by atoms with Crippen LogP contribution in [-0.4, -0.2) is 67.7 Å². The lowest BCUT2D eigenvalue weighted by Gasteiger charge is -2.46. The first-order chi connectivity index (χ1) is 8.31. The van der Waals surface area contributed by atoms with Gasteiger partial charge in [0.1, 0.15) is 0 Å². The van der Waals surface area contributed by atoms with E-state index in [1.54, 1.807) is 0 Å². The van der Waals surface area contributed by atoms with Crippen LogP contribution >= 0.6 is 0 Å². The molecule has 98 valence electrons. The molecule has 0 radical (unpaired) electrons. The summed E-state index contributed by atoms with van der Waals surface area (Å²) in [6.07, 6.45) is 2.20. The maximum atomic E-state index is 11.7. The molecule has 2 aliphatic rings. The monoisotopic (exact) mass is 240 g/mol. The molecule has 5 heteroatoms. The first-order valence-corrected chi connectivity index (χ1v) is 6.79. The van der Waals surface area contributed by atoms with E-state index in [1.165, 1.54) is 0 Å². The smallest absolute Gasteiger partial charge is 0.317 e. The number of piperazine rings is 1. The highest BCUT2D eigenvalue weighted by molar-refractivity contribution is 5.75. The zero-order valence-electron chi connectivity index (χ0n) is 10.7. The number of hydrogen-bond acceptors (Lipinski definition) is 3. The Bertz CT molecular complexity index is 247. The van der Waals surface area contributed by atoms with Gasteiger partial charge in [0.05, 0.1) is 0 Å². The topological polar surface area (TPSA) is 47.6 Å². The molecule has 0 spiro atoms. The Hall–Kier alpha value is -0.810. The molecule has 2 fully saturated rings. The van der Waals surface area contributed by atoms with Crippen molar-refractivity contribution in [3.05, 3.63) is 0 Å². The maximum absolute atomic E-state index is 11.7.